The maximum absolute atomic E-state index is 14.6. The summed E-state index contributed by atoms with van der Waals surface area (Å²) in [6.45, 7) is 5.20. The molecule has 3 fully saturated rings. The first-order valence-corrected chi connectivity index (χ1v) is 17.1. The number of rotatable bonds is 6. The molecule has 4 unspecified atom stereocenters. The van der Waals surface area contributed by atoms with Crippen molar-refractivity contribution in [1.82, 2.24) is 20.2 Å². The third kappa shape index (κ3) is 6.04. The van der Waals surface area contributed by atoms with Crippen molar-refractivity contribution in [2.24, 2.45) is 17.8 Å². The van der Waals surface area contributed by atoms with E-state index >= 15 is 0 Å². The number of carboxylic acids is 1. The number of fused-ring (bicyclic) bond motifs is 4. The van der Waals surface area contributed by atoms with Crippen LogP contribution in [-0.2, 0) is 27.7 Å². The highest BCUT2D eigenvalue weighted by atomic mass is 19.4. The van der Waals surface area contributed by atoms with Gasteiger partial charge in [0.05, 0.1) is 5.56 Å². The number of carboxylic acid groups (broad SMARTS) is 1. The van der Waals surface area contributed by atoms with Crippen molar-refractivity contribution in [3.05, 3.63) is 82.7 Å². The second-order valence-electron chi connectivity index (χ2n) is 14.7. The maximum Gasteiger partial charge on any atom is 0.434 e. The molecule has 2 saturated carbocycles. The van der Waals surface area contributed by atoms with E-state index in [2.05, 4.69) is 15.3 Å². The van der Waals surface area contributed by atoms with Crippen LogP contribution in [0.25, 0.3) is 0 Å². The number of hydrogen-bond donors (Lipinski definition) is 2. The number of nitrogens with zero attached hydrogens (tertiary/aromatic N) is 4. The van der Waals surface area contributed by atoms with E-state index in [0.29, 0.717) is 44.5 Å². The van der Waals surface area contributed by atoms with Gasteiger partial charge in [-0.05, 0) is 80.4 Å². The van der Waals surface area contributed by atoms with E-state index in [0.717, 1.165) is 29.3 Å². The molecule has 50 heavy (non-hydrogen) atoms. The Balaban J connectivity index is 1.13. The van der Waals surface area contributed by atoms with Crippen LogP contribution in [0.2, 0.25) is 0 Å². The molecule has 13 heteroatoms. The lowest BCUT2D eigenvalue weighted by Gasteiger charge is -2.39. The largest absolute Gasteiger partial charge is 0.479 e. The minimum Gasteiger partial charge on any atom is -0.479 e. The number of alkyl halides is 3. The lowest BCUT2D eigenvalue weighted by atomic mass is 9.74. The normalized spacial score (nSPS) is 25.3. The Kier molecular flexibility index (Phi) is 8.50. The SMILES string of the molecule is Cc1ccc2c(c1)C1(CCN(C(=O)OCc3ccccc3)CC1)CN2c1ncc(C(=O)NC2(C(=O)O)CC3CC(C)CC2C3)c(C(F)(F)F)n1. The van der Waals surface area contributed by atoms with Crippen LogP contribution >= 0.6 is 0 Å². The Labute approximate surface area is 288 Å². The van der Waals surface area contributed by atoms with Crippen LogP contribution < -0.4 is 10.2 Å². The summed E-state index contributed by atoms with van der Waals surface area (Å²) < 4.78 is 49.5. The Bertz CT molecular complexity index is 1810. The number of ether oxygens (including phenoxy) is 1. The molecule has 2 aliphatic heterocycles. The van der Waals surface area contributed by atoms with Gasteiger partial charge in [0.1, 0.15) is 12.1 Å². The molecule has 2 amide bonds. The van der Waals surface area contributed by atoms with Gasteiger partial charge in [0, 0.05) is 36.9 Å². The molecule has 10 nitrogen and oxygen atoms in total. The molecule has 264 valence electrons. The fraction of sp³-hybridized carbons (Fsp3) is 0.486. The number of aromatic nitrogens is 2. The number of hydrogen-bond acceptors (Lipinski definition) is 7. The Morgan fingerprint density at radius 1 is 1.06 bits per heavy atom. The second kappa shape index (κ2) is 12.6. The highest BCUT2D eigenvalue weighted by Gasteiger charge is 2.57. The smallest absolute Gasteiger partial charge is 0.434 e. The van der Waals surface area contributed by atoms with E-state index in [-0.39, 0.29) is 43.3 Å². The fourth-order valence-electron chi connectivity index (χ4n) is 8.88. The highest BCUT2D eigenvalue weighted by molar-refractivity contribution is 5.99. The van der Waals surface area contributed by atoms with Crippen LogP contribution in [0.3, 0.4) is 0 Å². The molecule has 4 atom stereocenters. The molecule has 7 rings (SSSR count). The van der Waals surface area contributed by atoms with Crippen molar-refractivity contribution < 1.29 is 37.4 Å². The average molecular weight is 692 g/mol. The van der Waals surface area contributed by atoms with Crippen LogP contribution in [0.15, 0.2) is 54.7 Å². The van der Waals surface area contributed by atoms with Crippen molar-refractivity contribution in [1.29, 1.82) is 0 Å². The van der Waals surface area contributed by atoms with Gasteiger partial charge in [0.2, 0.25) is 5.95 Å². The van der Waals surface area contributed by atoms with E-state index in [4.69, 9.17) is 4.74 Å². The standard InChI is InChI=1S/C37H40F3N5O5/c1-22-8-9-29-28(16-22)35(10-12-44(13-11-35)34(49)50-20-24-6-4-3-5-7-24)21-45(29)33-41-19-27(30(42-33)37(38,39)40)31(46)43-36(32(47)48)18-25-14-23(2)15-26(36)17-25/h3-9,16,19,23,25-26H,10-15,17-18,20-21H2,1-2H3,(H,43,46)(H,47,48). The van der Waals surface area contributed by atoms with Gasteiger partial charge in [0.15, 0.2) is 5.69 Å². The number of carbonyl (C=O) groups excluding carboxylic acids is 2. The van der Waals surface area contributed by atoms with Crippen molar-refractivity contribution in [3.63, 3.8) is 0 Å². The molecule has 3 aromatic rings. The molecule has 1 aromatic heterocycles. The molecule has 2 aromatic carbocycles. The third-order valence-electron chi connectivity index (χ3n) is 11.3. The quantitative estimate of drug-likeness (QED) is 0.295. The summed E-state index contributed by atoms with van der Waals surface area (Å²) >= 11 is 0. The van der Waals surface area contributed by atoms with Gasteiger partial charge in [-0.25, -0.2) is 19.6 Å². The predicted octanol–water partition coefficient (Wildman–Crippen LogP) is 6.64. The van der Waals surface area contributed by atoms with Crippen LogP contribution in [0.5, 0.6) is 0 Å². The fourth-order valence-corrected chi connectivity index (χ4v) is 8.88. The Morgan fingerprint density at radius 2 is 1.80 bits per heavy atom. The minimum absolute atomic E-state index is 0.0823. The number of benzene rings is 2. The van der Waals surface area contributed by atoms with Gasteiger partial charge < -0.3 is 25.0 Å². The van der Waals surface area contributed by atoms with E-state index in [9.17, 15) is 32.7 Å². The summed E-state index contributed by atoms with van der Waals surface area (Å²) in [5.41, 5.74) is -0.884. The summed E-state index contributed by atoms with van der Waals surface area (Å²) in [5.74, 6) is -2.61. The molecule has 1 spiro atoms. The lowest BCUT2D eigenvalue weighted by molar-refractivity contribution is -0.146. The number of piperidine rings is 1. The summed E-state index contributed by atoms with van der Waals surface area (Å²) in [6.07, 6.45) is -1.29. The topological polar surface area (TPSA) is 125 Å². The summed E-state index contributed by atoms with van der Waals surface area (Å²) in [5, 5.41) is 12.8. The third-order valence-corrected chi connectivity index (χ3v) is 11.3. The molecule has 2 aliphatic carbocycles. The number of carbonyl (C=O) groups is 3. The predicted molar refractivity (Wildman–Crippen MR) is 177 cm³/mol. The van der Waals surface area contributed by atoms with Gasteiger partial charge in [-0.3, -0.25) is 4.79 Å². The Morgan fingerprint density at radius 3 is 2.50 bits per heavy atom. The summed E-state index contributed by atoms with van der Waals surface area (Å²) in [7, 11) is 0. The number of nitrogens with one attached hydrogen (secondary N) is 1. The zero-order valence-corrected chi connectivity index (χ0v) is 28.0. The molecule has 2 N–H and O–H groups in total. The maximum atomic E-state index is 14.6. The van der Waals surface area contributed by atoms with E-state index in [1.165, 1.54) is 0 Å². The first-order chi connectivity index (χ1) is 23.8. The van der Waals surface area contributed by atoms with Gasteiger partial charge in [0.25, 0.3) is 5.91 Å². The number of anilines is 2. The van der Waals surface area contributed by atoms with E-state index in [1.807, 2.05) is 62.4 Å². The number of likely N-dealkylation sites (tertiary alicyclic amines) is 1. The van der Waals surface area contributed by atoms with Gasteiger partial charge >= 0.3 is 18.2 Å². The molecule has 2 bridgehead atoms. The zero-order valence-electron chi connectivity index (χ0n) is 28.0. The van der Waals surface area contributed by atoms with Gasteiger partial charge in [-0.2, -0.15) is 13.2 Å². The number of aliphatic carboxylic acids is 1. The number of halogens is 3. The van der Waals surface area contributed by atoms with Gasteiger partial charge in [-0.1, -0.05) is 55.0 Å². The molecule has 4 aliphatic rings. The van der Waals surface area contributed by atoms with E-state index < -0.39 is 46.4 Å². The Hall–Kier alpha value is -4.68. The van der Waals surface area contributed by atoms with Crippen molar-refractivity contribution in [2.45, 2.75) is 76.1 Å². The average Bonchev–Trinajstić information content (AvgIpc) is 3.53. The number of aryl methyl sites for hydroxylation is 1. The molecular weight excluding hydrogens is 651 g/mol. The highest BCUT2D eigenvalue weighted by Crippen LogP contribution is 2.52. The van der Waals surface area contributed by atoms with Crippen molar-refractivity contribution >= 4 is 29.6 Å². The first kappa shape index (κ1) is 33.8. The molecule has 1 saturated heterocycles. The lowest BCUT2D eigenvalue weighted by Crippen LogP contribution is -2.57. The monoisotopic (exact) mass is 691 g/mol. The summed E-state index contributed by atoms with van der Waals surface area (Å²) in [6, 6.07) is 15.1. The van der Waals surface area contributed by atoms with Crippen molar-refractivity contribution in [2.75, 3.05) is 24.5 Å². The van der Waals surface area contributed by atoms with E-state index in [1.54, 1.807) is 9.80 Å². The molecular formula is C37H40F3N5O5. The molecule has 3 heterocycles. The number of amides is 2. The first-order valence-electron chi connectivity index (χ1n) is 17.1. The van der Waals surface area contributed by atoms with Crippen LogP contribution in [0.4, 0.5) is 29.6 Å². The van der Waals surface area contributed by atoms with Gasteiger partial charge in [-0.15, -0.1) is 0 Å². The van der Waals surface area contributed by atoms with Crippen molar-refractivity contribution in [3.8, 4) is 0 Å². The minimum atomic E-state index is -5.01. The van der Waals surface area contributed by atoms with Crippen LogP contribution in [0, 0.1) is 24.7 Å². The van der Waals surface area contributed by atoms with Crippen LogP contribution in [-0.4, -0.2) is 63.1 Å². The second-order valence-corrected chi connectivity index (χ2v) is 14.7. The molecule has 0 radical (unpaired) electrons. The summed E-state index contributed by atoms with van der Waals surface area (Å²) in [4.78, 5) is 50.6. The zero-order chi connectivity index (χ0) is 35.4. The van der Waals surface area contributed by atoms with Crippen LogP contribution in [0.1, 0.15) is 78.2 Å².